The highest BCUT2D eigenvalue weighted by atomic mass is 16.5. The highest BCUT2D eigenvalue weighted by Gasteiger charge is 2.50. The topological polar surface area (TPSA) is 38.7 Å². The van der Waals surface area contributed by atoms with Crippen molar-refractivity contribution in [1.82, 2.24) is 0 Å². The molecule has 1 saturated carbocycles. The Morgan fingerprint density at radius 3 is 2.16 bits per heavy atom. The van der Waals surface area contributed by atoms with Crippen LogP contribution in [0.4, 0.5) is 0 Å². The van der Waals surface area contributed by atoms with Gasteiger partial charge in [-0.25, -0.2) is 0 Å². The van der Waals surface area contributed by atoms with Crippen molar-refractivity contribution >= 4 is 0 Å². The van der Waals surface area contributed by atoms with Gasteiger partial charge in [0.1, 0.15) is 5.76 Å². The molecule has 1 atom stereocenters. The monoisotopic (exact) mass is 264 g/mol. The summed E-state index contributed by atoms with van der Waals surface area (Å²) in [6, 6.07) is 0. The second-order valence-electron chi connectivity index (χ2n) is 6.15. The van der Waals surface area contributed by atoms with Crippen LogP contribution in [-0.4, -0.2) is 17.3 Å². The molecule has 106 valence electrons. The molecule has 0 heterocycles. The molecule has 0 spiro atoms. The molecule has 0 radical (unpaired) electrons. The van der Waals surface area contributed by atoms with E-state index in [9.17, 15) is 5.11 Å². The van der Waals surface area contributed by atoms with Crippen LogP contribution >= 0.6 is 0 Å². The molecule has 0 aromatic rings. The molecule has 0 aliphatic heterocycles. The van der Waals surface area contributed by atoms with Crippen molar-refractivity contribution in [2.45, 2.75) is 59.7 Å². The van der Waals surface area contributed by atoms with Crippen molar-refractivity contribution < 1.29 is 14.6 Å². The van der Waals surface area contributed by atoms with Crippen LogP contribution in [0.25, 0.3) is 0 Å². The lowest BCUT2D eigenvalue weighted by Gasteiger charge is -2.20. The first-order valence-electron chi connectivity index (χ1n) is 6.97. The predicted octanol–water partition coefficient (Wildman–Crippen LogP) is 4.23. The first-order valence-corrected chi connectivity index (χ1v) is 6.97. The first kappa shape index (κ1) is 14.0. The van der Waals surface area contributed by atoms with Crippen molar-refractivity contribution in [2.24, 2.45) is 5.41 Å². The summed E-state index contributed by atoms with van der Waals surface area (Å²) in [6.45, 7) is 14.0. The van der Waals surface area contributed by atoms with Gasteiger partial charge in [-0.3, -0.25) is 0 Å². The van der Waals surface area contributed by atoms with E-state index in [0.29, 0.717) is 17.3 Å². The maximum absolute atomic E-state index is 10.6. The van der Waals surface area contributed by atoms with Gasteiger partial charge in [-0.05, 0) is 53.0 Å². The summed E-state index contributed by atoms with van der Waals surface area (Å²) in [7, 11) is 0. The lowest BCUT2D eigenvalue weighted by molar-refractivity contribution is 0.0843. The van der Waals surface area contributed by atoms with Gasteiger partial charge in [-0.1, -0.05) is 6.58 Å². The van der Waals surface area contributed by atoms with Gasteiger partial charge in [0.25, 0.3) is 0 Å². The van der Waals surface area contributed by atoms with E-state index in [4.69, 9.17) is 9.47 Å². The lowest BCUT2D eigenvalue weighted by Crippen LogP contribution is -2.15. The zero-order chi connectivity index (χ0) is 14.4. The van der Waals surface area contributed by atoms with E-state index >= 15 is 0 Å². The van der Waals surface area contributed by atoms with Crippen molar-refractivity contribution in [2.75, 3.05) is 0 Å². The molecule has 0 amide bonds. The van der Waals surface area contributed by atoms with Crippen molar-refractivity contribution in [3.8, 4) is 0 Å². The lowest BCUT2D eigenvalue weighted by atomic mass is 9.85. The van der Waals surface area contributed by atoms with E-state index in [-0.39, 0.29) is 17.6 Å². The first-order chi connectivity index (χ1) is 8.77. The molecular weight excluding hydrogens is 240 g/mol. The van der Waals surface area contributed by atoms with Crippen LogP contribution in [0, 0.1) is 5.41 Å². The number of aliphatic hydroxyl groups excluding tert-OH is 1. The number of rotatable bonds is 4. The van der Waals surface area contributed by atoms with Crippen LogP contribution < -0.4 is 0 Å². The Morgan fingerprint density at radius 2 is 1.63 bits per heavy atom. The Kier molecular flexibility index (Phi) is 3.41. The highest BCUT2D eigenvalue weighted by Crippen LogP contribution is 2.57. The summed E-state index contributed by atoms with van der Waals surface area (Å²) < 4.78 is 11.7. The van der Waals surface area contributed by atoms with Crippen LogP contribution in [0.3, 0.4) is 0 Å². The maximum Gasteiger partial charge on any atom is 0.200 e. The smallest absolute Gasteiger partial charge is 0.200 e. The number of hydrogen-bond acceptors (Lipinski definition) is 3. The van der Waals surface area contributed by atoms with Crippen LogP contribution in [0.1, 0.15) is 47.5 Å². The van der Waals surface area contributed by atoms with E-state index in [1.807, 2.05) is 34.6 Å². The molecule has 2 aliphatic rings. The van der Waals surface area contributed by atoms with E-state index in [1.54, 1.807) is 0 Å². The summed E-state index contributed by atoms with van der Waals surface area (Å²) >= 11 is 0. The Hall–Kier alpha value is -1.38. The average Bonchev–Trinajstić information content (AvgIpc) is 2.68. The maximum atomic E-state index is 10.6. The number of ether oxygens (including phenoxy) is 2. The second kappa shape index (κ2) is 4.62. The molecule has 3 heteroatoms. The summed E-state index contributed by atoms with van der Waals surface area (Å²) in [4.78, 5) is 0. The second-order valence-corrected chi connectivity index (χ2v) is 6.15. The normalized spacial score (nSPS) is 26.8. The number of hydrogen-bond donors (Lipinski definition) is 1. The van der Waals surface area contributed by atoms with Gasteiger partial charge >= 0.3 is 0 Å². The van der Waals surface area contributed by atoms with E-state index in [2.05, 4.69) is 6.58 Å². The molecule has 0 saturated heterocycles. The molecule has 1 N–H and O–H groups in total. The van der Waals surface area contributed by atoms with Crippen molar-refractivity contribution in [1.29, 1.82) is 0 Å². The number of fused-ring (bicyclic) bond motifs is 1. The van der Waals surface area contributed by atoms with Crippen LogP contribution in [0.2, 0.25) is 0 Å². The molecule has 0 aromatic carbocycles. The van der Waals surface area contributed by atoms with Crippen LogP contribution in [0.15, 0.2) is 35.0 Å². The third-order valence-electron chi connectivity index (χ3n) is 3.71. The number of allylic oxidation sites excluding steroid dienone is 2. The summed E-state index contributed by atoms with van der Waals surface area (Å²) in [5.74, 6) is 1.48. The zero-order valence-corrected chi connectivity index (χ0v) is 12.5. The molecule has 2 rings (SSSR count). The van der Waals surface area contributed by atoms with E-state index in [1.165, 1.54) is 0 Å². The number of aliphatic hydroxyl groups is 1. The van der Waals surface area contributed by atoms with E-state index < -0.39 is 0 Å². The summed E-state index contributed by atoms with van der Waals surface area (Å²) in [6.07, 6.45) is 1.80. The van der Waals surface area contributed by atoms with E-state index in [0.717, 1.165) is 24.0 Å². The molecule has 0 bridgehead atoms. The molecule has 1 fully saturated rings. The average molecular weight is 264 g/mol. The zero-order valence-electron chi connectivity index (χ0n) is 12.5. The van der Waals surface area contributed by atoms with Gasteiger partial charge in [0.2, 0.25) is 0 Å². The van der Waals surface area contributed by atoms with Gasteiger partial charge in [-0.15, -0.1) is 0 Å². The fourth-order valence-electron chi connectivity index (χ4n) is 2.85. The molecule has 0 aromatic heterocycles. The Labute approximate surface area is 115 Å². The van der Waals surface area contributed by atoms with Gasteiger partial charge in [0.05, 0.1) is 17.6 Å². The Morgan fingerprint density at radius 1 is 1.11 bits per heavy atom. The molecule has 19 heavy (non-hydrogen) atoms. The summed E-state index contributed by atoms with van der Waals surface area (Å²) in [5, 5.41) is 10.6. The fourth-order valence-corrected chi connectivity index (χ4v) is 2.85. The minimum Gasteiger partial charge on any atom is -0.507 e. The van der Waals surface area contributed by atoms with Gasteiger partial charge < -0.3 is 14.6 Å². The molecule has 1 unspecified atom stereocenters. The third kappa shape index (κ3) is 2.15. The van der Waals surface area contributed by atoms with Gasteiger partial charge in [0, 0.05) is 5.57 Å². The molecular formula is C16H24O3. The fraction of sp³-hybridized carbons (Fsp3) is 0.625. The minimum absolute atomic E-state index is 0.000737. The van der Waals surface area contributed by atoms with Crippen LogP contribution in [0.5, 0.6) is 0 Å². The largest absolute Gasteiger partial charge is 0.507 e. The quantitative estimate of drug-likeness (QED) is 0.825. The van der Waals surface area contributed by atoms with Crippen LogP contribution in [-0.2, 0) is 9.47 Å². The Balaban J connectivity index is 2.51. The minimum atomic E-state index is -0.383. The predicted molar refractivity (Wildman–Crippen MR) is 75.6 cm³/mol. The van der Waals surface area contributed by atoms with Crippen molar-refractivity contribution in [3.63, 3.8) is 0 Å². The highest BCUT2D eigenvalue weighted by molar-refractivity contribution is 5.56. The Bertz CT molecular complexity index is 468. The molecule has 3 nitrogen and oxygen atoms in total. The van der Waals surface area contributed by atoms with Crippen molar-refractivity contribution in [3.05, 3.63) is 35.0 Å². The van der Waals surface area contributed by atoms with Gasteiger partial charge in [-0.2, -0.15) is 0 Å². The molecule has 2 aliphatic carbocycles. The summed E-state index contributed by atoms with van der Waals surface area (Å²) in [5.41, 5.74) is 1.69. The third-order valence-corrected chi connectivity index (χ3v) is 3.71. The van der Waals surface area contributed by atoms with Gasteiger partial charge in [0.15, 0.2) is 11.5 Å². The SMILES string of the molecule is C=C1CCC2(C)C(O)=C(OC(C)C)C(OC(C)C)=C12. The standard InChI is InChI=1S/C16H24O3/c1-9(2)18-13-12-11(5)7-8-16(12,6)15(17)14(13)19-10(3)4/h9-10,17H,5,7-8H2,1-4,6H3.